The van der Waals surface area contributed by atoms with E-state index in [9.17, 15) is 4.79 Å². The molecule has 0 aliphatic heterocycles. The number of amides is 1. The van der Waals surface area contributed by atoms with Crippen LogP contribution in [0.1, 0.15) is 31.1 Å². The number of anilines is 1. The number of ether oxygens (including phenoxy) is 2. The predicted molar refractivity (Wildman–Crippen MR) is 142 cm³/mol. The maximum Gasteiger partial charge on any atom is 0.256 e. The van der Waals surface area contributed by atoms with Crippen molar-refractivity contribution in [1.29, 1.82) is 0 Å². The largest absolute Gasteiger partial charge is 0.494 e. The average Bonchev–Trinajstić information content (AvgIpc) is 3.22. The molecule has 1 aromatic heterocycles. The minimum absolute atomic E-state index is 0.178. The van der Waals surface area contributed by atoms with E-state index >= 15 is 0 Å². The molecule has 3 aromatic carbocycles. The lowest BCUT2D eigenvalue weighted by molar-refractivity contribution is 0.102. The molecular weight excluding hydrogens is 458 g/mol. The maximum atomic E-state index is 13.1. The molecule has 0 unspecified atom stereocenters. The number of benzene rings is 3. The Morgan fingerprint density at radius 2 is 1.46 bits per heavy atom. The maximum absolute atomic E-state index is 13.1. The van der Waals surface area contributed by atoms with Crippen molar-refractivity contribution < 1.29 is 14.3 Å². The van der Waals surface area contributed by atoms with Crippen molar-refractivity contribution in [3.8, 4) is 22.8 Å². The second kappa shape index (κ2) is 11.5. The van der Waals surface area contributed by atoms with Gasteiger partial charge in [-0.15, -0.1) is 0 Å². The monoisotopic (exact) mass is 487 g/mol. The number of nitrogens with zero attached hydrogens (tertiary/aromatic N) is 2. The molecule has 1 N–H and O–H groups in total. The molecule has 0 radical (unpaired) electrons. The first-order valence-corrected chi connectivity index (χ1v) is 12.5. The summed E-state index contributed by atoms with van der Waals surface area (Å²) < 4.78 is 13.2. The quantitative estimate of drug-likeness (QED) is 0.292. The number of nitrogens with one attached hydrogen (secondary N) is 1. The molecule has 0 aliphatic rings. The third-order valence-corrected chi connectivity index (χ3v) is 6.29. The Hall–Kier alpha value is -3.84. The predicted octanol–water partition coefficient (Wildman–Crippen LogP) is 6.52. The topological polar surface area (TPSA) is 64.8 Å². The third-order valence-electron chi connectivity index (χ3n) is 5.30. The lowest BCUT2D eigenvalue weighted by atomic mass is 10.1. The van der Waals surface area contributed by atoms with Crippen LogP contribution in [0.5, 0.6) is 11.5 Å². The summed E-state index contributed by atoms with van der Waals surface area (Å²) >= 11 is 1.46. The zero-order chi connectivity index (χ0) is 24.6. The molecule has 0 saturated carbocycles. The lowest BCUT2D eigenvalue weighted by Crippen LogP contribution is -2.15. The van der Waals surface area contributed by atoms with Crippen LogP contribution in [-0.2, 0) is 6.54 Å². The number of thiazole rings is 1. The van der Waals surface area contributed by atoms with E-state index in [0.717, 1.165) is 38.2 Å². The van der Waals surface area contributed by atoms with Crippen LogP contribution in [0.15, 0.2) is 83.9 Å². The highest BCUT2D eigenvalue weighted by atomic mass is 32.1. The van der Waals surface area contributed by atoms with Gasteiger partial charge in [-0.05, 0) is 69.3 Å². The summed E-state index contributed by atoms with van der Waals surface area (Å²) in [5.41, 5.74) is 3.33. The van der Waals surface area contributed by atoms with Crippen LogP contribution in [0.3, 0.4) is 0 Å². The van der Waals surface area contributed by atoms with Gasteiger partial charge in [-0.1, -0.05) is 41.7 Å². The third kappa shape index (κ3) is 5.81. The van der Waals surface area contributed by atoms with Crippen LogP contribution in [-0.4, -0.2) is 23.7 Å². The van der Waals surface area contributed by atoms with Gasteiger partial charge >= 0.3 is 0 Å². The van der Waals surface area contributed by atoms with Gasteiger partial charge in [-0.25, -0.2) is 4.99 Å². The number of rotatable bonds is 9. The van der Waals surface area contributed by atoms with Gasteiger partial charge in [-0.3, -0.25) is 4.79 Å². The molecule has 0 atom stereocenters. The Morgan fingerprint density at radius 3 is 2.03 bits per heavy atom. The van der Waals surface area contributed by atoms with Crippen molar-refractivity contribution in [2.45, 2.75) is 27.3 Å². The molecule has 0 spiro atoms. The molecule has 35 heavy (non-hydrogen) atoms. The molecule has 0 aliphatic carbocycles. The normalized spacial score (nSPS) is 11.3. The van der Waals surface area contributed by atoms with Gasteiger partial charge in [0.1, 0.15) is 16.5 Å². The van der Waals surface area contributed by atoms with Crippen LogP contribution in [0.25, 0.3) is 11.3 Å². The fraction of sp³-hybridized carbons (Fsp3) is 0.214. The first-order valence-electron chi connectivity index (χ1n) is 11.7. The van der Waals surface area contributed by atoms with E-state index in [-0.39, 0.29) is 5.91 Å². The number of carbonyl (C=O) groups excluding carboxylic acids is 1. The highest BCUT2D eigenvalue weighted by Gasteiger charge is 2.18. The highest BCUT2D eigenvalue weighted by molar-refractivity contribution is 7.14. The second-order valence-corrected chi connectivity index (χ2v) is 8.60. The minimum Gasteiger partial charge on any atom is -0.494 e. The first-order chi connectivity index (χ1) is 17.1. The van der Waals surface area contributed by atoms with Gasteiger partial charge in [0.25, 0.3) is 5.91 Å². The molecule has 0 fully saturated rings. The number of carbonyl (C=O) groups is 1. The zero-order valence-electron chi connectivity index (χ0n) is 20.2. The summed E-state index contributed by atoms with van der Waals surface area (Å²) in [6.07, 6.45) is 0. The summed E-state index contributed by atoms with van der Waals surface area (Å²) in [6.45, 7) is 7.88. The summed E-state index contributed by atoms with van der Waals surface area (Å²) in [5, 5.41) is 3.87. The standard InChI is InChI=1S/C28H29N3O3S/c1-4-31-25(20-10-8-7-9-11-20)27(30-26(32)21-12-16-23(17-13-21)33-5-2)35-28(31)29-22-14-18-24(19-15-22)34-6-3/h7-19H,4-6H2,1-3H3,(H,30,32). The van der Waals surface area contributed by atoms with Gasteiger partial charge in [0, 0.05) is 17.7 Å². The Morgan fingerprint density at radius 1 is 0.857 bits per heavy atom. The van der Waals surface area contributed by atoms with Gasteiger partial charge in [0.2, 0.25) is 0 Å². The second-order valence-electron chi connectivity index (χ2n) is 7.62. The van der Waals surface area contributed by atoms with Gasteiger partial charge in [0.05, 0.1) is 24.6 Å². The minimum atomic E-state index is -0.178. The van der Waals surface area contributed by atoms with Crippen LogP contribution in [0.4, 0.5) is 10.7 Å². The van der Waals surface area contributed by atoms with Gasteiger partial charge in [0.15, 0.2) is 4.80 Å². The average molecular weight is 488 g/mol. The highest BCUT2D eigenvalue weighted by Crippen LogP contribution is 2.32. The van der Waals surface area contributed by atoms with E-state index in [0.29, 0.717) is 25.3 Å². The van der Waals surface area contributed by atoms with Crippen molar-refractivity contribution in [2.24, 2.45) is 4.99 Å². The Balaban J connectivity index is 1.74. The SMILES string of the molecule is CCOc1ccc(N=c2sc(NC(=O)c3ccc(OCC)cc3)c(-c3ccccc3)n2CC)cc1. The molecule has 1 amide bonds. The van der Waals surface area contributed by atoms with Crippen LogP contribution in [0, 0.1) is 0 Å². The lowest BCUT2D eigenvalue weighted by Gasteiger charge is -2.10. The van der Waals surface area contributed by atoms with Crippen molar-refractivity contribution in [2.75, 3.05) is 18.5 Å². The van der Waals surface area contributed by atoms with Crippen molar-refractivity contribution >= 4 is 27.9 Å². The summed E-state index contributed by atoms with van der Waals surface area (Å²) in [4.78, 5) is 18.8. The Kier molecular flexibility index (Phi) is 8.00. The molecule has 6 nitrogen and oxygen atoms in total. The van der Waals surface area contributed by atoms with Crippen LogP contribution in [0.2, 0.25) is 0 Å². The summed E-state index contributed by atoms with van der Waals surface area (Å²) in [5.74, 6) is 1.38. The van der Waals surface area contributed by atoms with Crippen molar-refractivity contribution in [3.63, 3.8) is 0 Å². The number of hydrogen-bond acceptors (Lipinski definition) is 5. The number of hydrogen-bond donors (Lipinski definition) is 1. The summed E-state index contributed by atoms with van der Waals surface area (Å²) in [7, 11) is 0. The van der Waals surface area contributed by atoms with E-state index in [1.807, 2.05) is 80.6 Å². The smallest absolute Gasteiger partial charge is 0.256 e. The summed E-state index contributed by atoms with van der Waals surface area (Å²) in [6, 6.07) is 24.9. The molecule has 0 bridgehead atoms. The molecule has 4 rings (SSSR count). The molecule has 7 heteroatoms. The molecule has 4 aromatic rings. The first kappa shape index (κ1) is 24.3. The van der Waals surface area contributed by atoms with E-state index < -0.39 is 0 Å². The van der Waals surface area contributed by atoms with E-state index in [4.69, 9.17) is 14.5 Å². The van der Waals surface area contributed by atoms with Gasteiger partial charge in [-0.2, -0.15) is 0 Å². The van der Waals surface area contributed by atoms with E-state index in [1.54, 1.807) is 12.1 Å². The molecule has 1 heterocycles. The molecule has 180 valence electrons. The van der Waals surface area contributed by atoms with E-state index in [1.165, 1.54) is 11.3 Å². The molecular formula is C28H29N3O3S. The Labute approximate surface area is 209 Å². The fourth-order valence-corrected chi connectivity index (χ4v) is 4.83. The van der Waals surface area contributed by atoms with E-state index in [2.05, 4.69) is 16.8 Å². The van der Waals surface area contributed by atoms with Crippen LogP contribution < -0.4 is 19.6 Å². The van der Waals surface area contributed by atoms with Crippen molar-refractivity contribution in [3.05, 3.63) is 89.2 Å². The Bertz CT molecular complexity index is 1320. The fourth-order valence-electron chi connectivity index (χ4n) is 3.70. The molecule has 0 saturated heterocycles. The van der Waals surface area contributed by atoms with Crippen molar-refractivity contribution in [1.82, 2.24) is 4.57 Å². The van der Waals surface area contributed by atoms with Gasteiger partial charge < -0.3 is 19.4 Å². The van der Waals surface area contributed by atoms with Crippen LogP contribution >= 0.6 is 11.3 Å². The zero-order valence-corrected chi connectivity index (χ0v) is 21.0. The number of aromatic nitrogens is 1.